The van der Waals surface area contributed by atoms with E-state index in [1.807, 2.05) is 0 Å². The van der Waals surface area contributed by atoms with Crippen molar-refractivity contribution in [2.24, 2.45) is 0 Å². The average Bonchev–Trinajstić information content (AvgIpc) is 2.89. The minimum atomic E-state index is 0.228. The Bertz CT molecular complexity index is 466. The molecule has 116 valence electrons. The lowest BCUT2D eigenvalue weighted by Crippen LogP contribution is -2.33. The molecule has 0 radical (unpaired) electrons. The van der Waals surface area contributed by atoms with Gasteiger partial charge in [-0.15, -0.1) is 0 Å². The van der Waals surface area contributed by atoms with Gasteiger partial charge in [-0.1, -0.05) is 31.4 Å². The molecule has 0 aromatic heterocycles. The second-order valence-corrected chi connectivity index (χ2v) is 6.81. The minimum Gasteiger partial charge on any atom is -0.381 e. The lowest BCUT2D eigenvalue weighted by atomic mass is 9.83. The summed E-state index contributed by atoms with van der Waals surface area (Å²) in [5, 5.41) is 3.59. The van der Waals surface area contributed by atoms with Crippen LogP contribution in [0.15, 0.2) is 24.3 Å². The first-order chi connectivity index (χ1) is 10.2. The molecule has 1 saturated carbocycles. The van der Waals surface area contributed by atoms with Gasteiger partial charge in [0.1, 0.15) is 0 Å². The van der Waals surface area contributed by atoms with Gasteiger partial charge >= 0.3 is 0 Å². The molecular weight excluding hydrogens is 260 g/mol. The Morgan fingerprint density at radius 3 is 2.67 bits per heavy atom. The zero-order valence-corrected chi connectivity index (χ0v) is 13.4. The minimum absolute atomic E-state index is 0.228. The number of anilines is 2. The van der Waals surface area contributed by atoms with Crippen molar-refractivity contribution in [3.05, 3.63) is 24.3 Å². The summed E-state index contributed by atoms with van der Waals surface area (Å²) < 4.78 is 6.44. The van der Waals surface area contributed by atoms with Crippen LogP contribution in [0.5, 0.6) is 0 Å². The van der Waals surface area contributed by atoms with E-state index in [2.05, 4.69) is 48.6 Å². The molecule has 1 unspecified atom stereocenters. The maximum absolute atomic E-state index is 6.44. The molecule has 1 heterocycles. The predicted molar refractivity (Wildman–Crippen MR) is 89.2 cm³/mol. The highest BCUT2D eigenvalue weighted by atomic mass is 16.5. The Morgan fingerprint density at radius 1 is 1.14 bits per heavy atom. The molecule has 1 aromatic carbocycles. The topological polar surface area (TPSA) is 24.5 Å². The Balaban J connectivity index is 1.57. The van der Waals surface area contributed by atoms with Gasteiger partial charge in [0.25, 0.3) is 0 Å². The Labute approximate surface area is 128 Å². The zero-order valence-electron chi connectivity index (χ0n) is 13.4. The number of hydrogen-bond acceptors (Lipinski definition) is 3. The zero-order chi connectivity index (χ0) is 14.7. The van der Waals surface area contributed by atoms with Crippen LogP contribution in [0.3, 0.4) is 0 Å². The highest BCUT2D eigenvalue weighted by Crippen LogP contribution is 2.42. The quantitative estimate of drug-likeness (QED) is 0.904. The van der Waals surface area contributed by atoms with E-state index in [1.54, 1.807) is 0 Å². The SMILES string of the molecule is CN(C)c1ccccc1NCC1CCC2(CCCCC2)O1. The highest BCUT2D eigenvalue weighted by Gasteiger charge is 2.40. The van der Waals surface area contributed by atoms with Crippen molar-refractivity contribution >= 4 is 11.4 Å². The van der Waals surface area contributed by atoms with Crippen LogP contribution in [0.25, 0.3) is 0 Å². The second kappa shape index (κ2) is 6.27. The molecule has 1 saturated heterocycles. The van der Waals surface area contributed by atoms with Gasteiger partial charge in [0.15, 0.2) is 0 Å². The summed E-state index contributed by atoms with van der Waals surface area (Å²) in [5.74, 6) is 0. The molecule has 3 heteroatoms. The van der Waals surface area contributed by atoms with Crippen molar-refractivity contribution in [1.29, 1.82) is 0 Å². The van der Waals surface area contributed by atoms with E-state index in [9.17, 15) is 0 Å². The van der Waals surface area contributed by atoms with Crippen LogP contribution < -0.4 is 10.2 Å². The van der Waals surface area contributed by atoms with Gasteiger partial charge in [0, 0.05) is 20.6 Å². The van der Waals surface area contributed by atoms with Gasteiger partial charge in [0.2, 0.25) is 0 Å². The van der Waals surface area contributed by atoms with Crippen molar-refractivity contribution in [2.45, 2.75) is 56.7 Å². The van der Waals surface area contributed by atoms with Crippen molar-refractivity contribution in [2.75, 3.05) is 30.9 Å². The van der Waals surface area contributed by atoms with Crippen molar-refractivity contribution in [3.63, 3.8) is 0 Å². The molecular formula is C18H28N2O. The molecule has 0 bridgehead atoms. The third-order valence-corrected chi connectivity index (χ3v) is 5.01. The van der Waals surface area contributed by atoms with Crippen molar-refractivity contribution in [3.8, 4) is 0 Å². The molecule has 1 aromatic rings. The Morgan fingerprint density at radius 2 is 1.90 bits per heavy atom. The molecule has 1 aliphatic heterocycles. The largest absolute Gasteiger partial charge is 0.381 e. The van der Waals surface area contributed by atoms with Gasteiger partial charge in [-0.3, -0.25) is 0 Å². The van der Waals surface area contributed by atoms with E-state index in [4.69, 9.17) is 4.74 Å². The van der Waals surface area contributed by atoms with E-state index < -0.39 is 0 Å². The average molecular weight is 288 g/mol. The molecule has 1 spiro atoms. The summed E-state index contributed by atoms with van der Waals surface area (Å²) in [5.41, 5.74) is 2.67. The van der Waals surface area contributed by atoms with Crippen LogP contribution in [-0.2, 0) is 4.74 Å². The normalized spacial score (nSPS) is 24.2. The highest BCUT2D eigenvalue weighted by molar-refractivity contribution is 5.69. The predicted octanol–water partition coefficient (Wildman–Crippen LogP) is 4.05. The fraction of sp³-hybridized carbons (Fsp3) is 0.667. The number of ether oxygens (including phenoxy) is 1. The standard InChI is InChI=1S/C18H28N2O/c1-20(2)17-9-5-4-8-16(17)19-14-15-10-13-18(21-15)11-6-3-7-12-18/h4-5,8-9,15,19H,3,6-7,10-14H2,1-2H3. The van der Waals surface area contributed by atoms with Crippen LogP contribution in [0.1, 0.15) is 44.9 Å². The number of benzene rings is 1. The van der Waals surface area contributed by atoms with Crippen LogP contribution in [0.4, 0.5) is 11.4 Å². The lowest BCUT2D eigenvalue weighted by Gasteiger charge is -2.33. The van der Waals surface area contributed by atoms with Gasteiger partial charge in [0.05, 0.1) is 23.1 Å². The summed E-state index contributed by atoms with van der Waals surface area (Å²) >= 11 is 0. The van der Waals surface area contributed by atoms with E-state index in [0.29, 0.717) is 6.10 Å². The van der Waals surface area contributed by atoms with E-state index in [-0.39, 0.29) is 5.60 Å². The molecule has 0 amide bonds. The molecule has 2 aliphatic rings. The summed E-state index contributed by atoms with van der Waals surface area (Å²) in [4.78, 5) is 2.15. The van der Waals surface area contributed by atoms with E-state index in [1.165, 1.54) is 56.3 Å². The molecule has 1 N–H and O–H groups in total. The van der Waals surface area contributed by atoms with Gasteiger partial charge in [-0.25, -0.2) is 0 Å². The van der Waals surface area contributed by atoms with Gasteiger partial charge in [-0.05, 0) is 37.8 Å². The monoisotopic (exact) mass is 288 g/mol. The molecule has 1 atom stereocenters. The van der Waals surface area contributed by atoms with Crippen LogP contribution in [0.2, 0.25) is 0 Å². The summed E-state index contributed by atoms with van der Waals surface area (Å²) in [6.07, 6.45) is 9.48. The molecule has 3 nitrogen and oxygen atoms in total. The first-order valence-corrected chi connectivity index (χ1v) is 8.37. The summed E-state index contributed by atoms with van der Waals surface area (Å²) in [6, 6.07) is 8.48. The maximum atomic E-state index is 6.44. The van der Waals surface area contributed by atoms with E-state index >= 15 is 0 Å². The molecule has 2 fully saturated rings. The lowest BCUT2D eigenvalue weighted by molar-refractivity contribution is -0.0588. The summed E-state index contributed by atoms with van der Waals surface area (Å²) in [6.45, 7) is 0.923. The number of nitrogens with zero attached hydrogens (tertiary/aromatic N) is 1. The number of rotatable bonds is 4. The second-order valence-electron chi connectivity index (χ2n) is 6.81. The molecule has 21 heavy (non-hydrogen) atoms. The first-order valence-electron chi connectivity index (χ1n) is 8.37. The van der Waals surface area contributed by atoms with Crippen LogP contribution >= 0.6 is 0 Å². The van der Waals surface area contributed by atoms with Gasteiger partial charge < -0.3 is 15.0 Å². The van der Waals surface area contributed by atoms with Crippen molar-refractivity contribution in [1.82, 2.24) is 0 Å². The fourth-order valence-electron chi connectivity index (χ4n) is 3.84. The Hall–Kier alpha value is -1.22. The van der Waals surface area contributed by atoms with Crippen LogP contribution in [0, 0.1) is 0 Å². The third kappa shape index (κ3) is 3.34. The molecule has 1 aliphatic carbocycles. The smallest absolute Gasteiger partial charge is 0.0756 e. The number of hydrogen-bond donors (Lipinski definition) is 1. The first kappa shape index (κ1) is 14.7. The maximum Gasteiger partial charge on any atom is 0.0756 e. The molecule has 3 rings (SSSR count). The van der Waals surface area contributed by atoms with Gasteiger partial charge in [-0.2, -0.15) is 0 Å². The third-order valence-electron chi connectivity index (χ3n) is 5.01. The number of nitrogens with one attached hydrogen (secondary N) is 1. The fourth-order valence-corrected chi connectivity index (χ4v) is 3.84. The van der Waals surface area contributed by atoms with Crippen molar-refractivity contribution < 1.29 is 4.74 Å². The van der Waals surface area contributed by atoms with Crippen LogP contribution in [-0.4, -0.2) is 32.3 Å². The Kier molecular flexibility index (Phi) is 4.39. The number of para-hydroxylation sites is 2. The summed E-state index contributed by atoms with van der Waals surface area (Å²) in [7, 11) is 4.17. The van der Waals surface area contributed by atoms with E-state index in [0.717, 1.165) is 6.54 Å².